The van der Waals surface area contributed by atoms with Gasteiger partial charge in [-0.25, -0.2) is 14.6 Å². The molecule has 4 rings (SSSR count). The van der Waals surface area contributed by atoms with Crippen molar-refractivity contribution in [1.29, 1.82) is 0 Å². The zero-order valence-corrected chi connectivity index (χ0v) is 18.3. The number of amides is 1. The maximum Gasteiger partial charge on any atom is 0.251 e. The number of aromatic nitrogens is 4. The minimum Gasteiger partial charge on any atom is -0.378 e. The smallest absolute Gasteiger partial charge is 0.251 e. The lowest BCUT2D eigenvalue weighted by Crippen LogP contribution is -2.37. The van der Waals surface area contributed by atoms with Crippen LogP contribution in [0.5, 0.6) is 0 Å². The predicted octanol–water partition coefficient (Wildman–Crippen LogP) is 2.43. The Bertz CT molecular complexity index is 1040. The van der Waals surface area contributed by atoms with Gasteiger partial charge in [0.1, 0.15) is 5.82 Å². The third-order valence-corrected chi connectivity index (χ3v) is 5.59. The molecule has 3 aromatic rings. The van der Waals surface area contributed by atoms with Crippen LogP contribution in [-0.2, 0) is 11.3 Å². The number of anilines is 1. The van der Waals surface area contributed by atoms with E-state index in [0.29, 0.717) is 37.0 Å². The van der Waals surface area contributed by atoms with Crippen LogP contribution in [0.1, 0.15) is 21.5 Å². The van der Waals surface area contributed by atoms with Crippen LogP contribution in [0.3, 0.4) is 0 Å². The van der Waals surface area contributed by atoms with Gasteiger partial charge >= 0.3 is 0 Å². The van der Waals surface area contributed by atoms with Crippen molar-refractivity contribution in [1.82, 2.24) is 25.1 Å². The van der Waals surface area contributed by atoms with Gasteiger partial charge in [0.05, 0.1) is 31.3 Å². The molecule has 3 heterocycles. The second-order valence-corrected chi connectivity index (χ2v) is 8.14. The van der Waals surface area contributed by atoms with Crippen molar-refractivity contribution < 1.29 is 9.53 Å². The van der Waals surface area contributed by atoms with Gasteiger partial charge in [-0.05, 0) is 32.2 Å². The molecule has 0 bridgehead atoms. The van der Waals surface area contributed by atoms with Gasteiger partial charge in [0, 0.05) is 25.2 Å². The minimum absolute atomic E-state index is 0.0771. The second-order valence-electron chi connectivity index (χ2n) is 7.37. The Kier molecular flexibility index (Phi) is 6.19. The largest absolute Gasteiger partial charge is 0.378 e. The number of aryl methyl sites for hydroxylation is 2. The average Bonchev–Trinajstić information content (AvgIpc) is 3.15. The molecule has 1 aliphatic rings. The Morgan fingerprint density at radius 2 is 1.90 bits per heavy atom. The van der Waals surface area contributed by atoms with Crippen molar-refractivity contribution in [3.63, 3.8) is 0 Å². The van der Waals surface area contributed by atoms with E-state index in [1.165, 1.54) is 11.8 Å². The second kappa shape index (κ2) is 9.01. The summed E-state index contributed by atoms with van der Waals surface area (Å²) in [6.07, 6.45) is 3.78. The first-order valence-electron chi connectivity index (χ1n) is 10.0. The van der Waals surface area contributed by atoms with Crippen LogP contribution in [0.2, 0.25) is 0 Å². The van der Waals surface area contributed by atoms with E-state index in [1.807, 2.05) is 43.1 Å². The van der Waals surface area contributed by atoms with E-state index in [1.54, 1.807) is 0 Å². The van der Waals surface area contributed by atoms with Crippen LogP contribution in [-0.4, -0.2) is 64.8 Å². The Labute approximate surface area is 180 Å². The number of carbonyl (C=O) groups is 1. The lowest BCUT2D eigenvalue weighted by Gasteiger charge is -2.28. The number of morpholine rings is 1. The molecule has 0 spiro atoms. The van der Waals surface area contributed by atoms with E-state index in [9.17, 15) is 4.79 Å². The fourth-order valence-corrected chi connectivity index (χ4v) is 4.03. The molecule has 30 heavy (non-hydrogen) atoms. The summed E-state index contributed by atoms with van der Waals surface area (Å²) in [7, 11) is 0. The fraction of sp³-hybridized carbons (Fsp3) is 0.429. The molecular weight excluding hydrogens is 400 g/mol. The van der Waals surface area contributed by atoms with Gasteiger partial charge in [0.2, 0.25) is 0 Å². The van der Waals surface area contributed by atoms with Gasteiger partial charge in [0.25, 0.3) is 5.91 Å². The van der Waals surface area contributed by atoms with Crippen molar-refractivity contribution >= 4 is 34.5 Å². The maximum atomic E-state index is 12.5. The molecule has 1 saturated heterocycles. The highest BCUT2D eigenvalue weighted by Gasteiger charge is 2.20. The lowest BCUT2D eigenvalue weighted by atomic mass is 10.1. The highest BCUT2D eigenvalue weighted by Crippen LogP contribution is 2.27. The van der Waals surface area contributed by atoms with Gasteiger partial charge in [0.15, 0.2) is 10.8 Å². The lowest BCUT2D eigenvalue weighted by molar-refractivity contribution is 0.0952. The van der Waals surface area contributed by atoms with Crippen LogP contribution >= 0.6 is 11.8 Å². The number of hydrogen-bond donors (Lipinski definition) is 1. The number of rotatable bonds is 6. The van der Waals surface area contributed by atoms with Crippen molar-refractivity contribution in [3.8, 4) is 0 Å². The molecule has 1 aliphatic heterocycles. The van der Waals surface area contributed by atoms with Crippen molar-refractivity contribution in [2.75, 3.05) is 44.0 Å². The molecule has 0 aliphatic carbocycles. The van der Waals surface area contributed by atoms with E-state index in [2.05, 4.69) is 26.4 Å². The molecule has 0 unspecified atom stereocenters. The summed E-state index contributed by atoms with van der Waals surface area (Å²) in [5.41, 5.74) is 3.63. The Morgan fingerprint density at radius 3 is 2.60 bits per heavy atom. The summed E-state index contributed by atoms with van der Waals surface area (Å²) in [4.78, 5) is 24.1. The maximum absolute atomic E-state index is 12.5. The van der Waals surface area contributed by atoms with E-state index in [0.717, 1.165) is 41.1 Å². The Morgan fingerprint density at radius 1 is 1.17 bits per heavy atom. The molecular formula is C21H26N6O2S. The summed E-state index contributed by atoms with van der Waals surface area (Å²) >= 11 is 1.51. The van der Waals surface area contributed by atoms with E-state index >= 15 is 0 Å². The number of benzene rings is 1. The molecule has 158 valence electrons. The molecule has 0 saturated carbocycles. The van der Waals surface area contributed by atoms with Crippen molar-refractivity contribution in [2.24, 2.45) is 0 Å². The SMILES string of the molecule is CSc1nc(N2CCOCC2)c2cnn(CCNC(=O)c3cc(C)cc(C)c3)c2n1. The normalized spacial score (nSPS) is 14.3. The number of fused-ring (bicyclic) bond motifs is 1. The Hall–Kier alpha value is -2.65. The number of nitrogens with zero attached hydrogens (tertiary/aromatic N) is 5. The van der Waals surface area contributed by atoms with Gasteiger partial charge in [-0.2, -0.15) is 5.10 Å². The first-order chi connectivity index (χ1) is 14.5. The predicted molar refractivity (Wildman–Crippen MR) is 118 cm³/mol. The first-order valence-corrected chi connectivity index (χ1v) is 11.2. The molecule has 0 radical (unpaired) electrons. The average molecular weight is 427 g/mol. The molecule has 1 fully saturated rings. The van der Waals surface area contributed by atoms with Crippen LogP contribution < -0.4 is 10.2 Å². The zero-order valence-electron chi connectivity index (χ0n) is 17.5. The molecule has 8 nitrogen and oxygen atoms in total. The quantitative estimate of drug-likeness (QED) is 0.479. The summed E-state index contributed by atoms with van der Waals surface area (Å²) in [6, 6.07) is 5.86. The summed E-state index contributed by atoms with van der Waals surface area (Å²) in [6.45, 7) is 7.98. The van der Waals surface area contributed by atoms with Gasteiger partial charge in [-0.15, -0.1) is 0 Å². The van der Waals surface area contributed by atoms with Gasteiger partial charge in [-0.1, -0.05) is 29.0 Å². The van der Waals surface area contributed by atoms with Crippen LogP contribution in [0.4, 0.5) is 5.82 Å². The molecule has 1 amide bonds. The van der Waals surface area contributed by atoms with E-state index in [4.69, 9.17) is 9.72 Å². The summed E-state index contributed by atoms with van der Waals surface area (Å²) in [5.74, 6) is 0.824. The van der Waals surface area contributed by atoms with E-state index < -0.39 is 0 Å². The highest BCUT2D eigenvalue weighted by atomic mass is 32.2. The summed E-state index contributed by atoms with van der Waals surface area (Å²) in [5, 5.41) is 9.15. The standard InChI is InChI=1S/C21H26N6O2S/c1-14-10-15(2)12-16(11-14)20(28)22-4-5-27-19-17(13-23-27)18(24-21(25-19)30-3)26-6-8-29-9-7-26/h10-13H,4-9H2,1-3H3,(H,22,28). The zero-order chi connectivity index (χ0) is 21.1. The van der Waals surface area contributed by atoms with Crippen molar-refractivity contribution in [2.45, 2.75) is 25.5 Å². The third kappa shape index (κ3) is 4.41. The molecule has 2 aromatic heterocycles. The number of hydrogen-bond acceptors (Lipinski definition) is 7. The topological polar surface area (TPSA) is 85.2 Å². The van der Waals surface area contributed by atoms with Crippen molar-refractivity contribution in [3.05, 3.63) is 41.1 Å². The summed E-state index contributed by atoms with van der Waals surface area (Å²) < 4.78 is 7.31. The Balaban J connectivity index is 1.51. The van der Waals surface area contributed by atoms with E-state index in [-0.39, 0.29) is 5.91 Å². The third-order valence-electron chi connectivity index (χ3n) is 5.04. The van der Waals surface area contributed by atoms with Gasteiger partial charge < -0.3 is 15.0 Å². The van der Waals surface area contributed by atoms with Crippen LogP contribution in [0, 0.1) is 13.8 Å². The molecule has 9 heteroatoms. The number of ether oxygens (including phenoxy) is 1. The first kappa shape index (κ1) is 20.6. The molecule has 1 aromatic carbocycles. The minimum atomic E-state index is -0.0771. The van der Waals surface area contributed by atoms with Crippen LogP contribution in [0.25, 0.3) is 11.0 Å². The fourth-order valence-electron chi connectivity index (χ4n) is 3.68. The molecule has 1 N–H and O–H groups in total. The van der Waals surface area contributed by atoms with Crippen LogP contribution in [0.15, 0.2) is 29.6 Å². The molecule has 0 atom stereocenters. The highest BCUT2D eigenvalue weighted by molar-refractivity contribution is 7.98. The number of carbonyl (C=O) groups excluding carboxylic acids is 1. The number of thioether (sulfide) groups is 1. The monoisotopic (exact) mass is 426 g/mol. The van der Waals surface area contributed by atoms with Gasteiger partial charge in [-0.3, -0.25) is 4.79 Å². The number of nitrogens with one attached hydrogen (secondary N) is 1.